The summed E-state index contributed by atoms with van der Waals surface area (Å²) >= 11 is 12.2. The average molecular weight is 353 g/mol. The molecule has 1 aromatic carbocycles. The van der Waals surface area contributed by atoms with Crippen LogP contribution in [-0.4, -0.2) is 9.55 Å². The lowest BCUT2D eigenvalue weighted by Gasteiger charge is -2.10. The summed E-state index contributed by atoms with van der Waals surface area (Å²) in [6.45, 7) is 1.74. The molecular weight excluding hydrogens is 342 g/mol. The molecule has 7 heteroatoms. The van der Waals surface area contributed by atoms with Gasteiger partial charge in [-0.1, -0.05) is 23.2 Å². The summed E-state index contributed by atoms with van der Waals surface area (Å²) in [4.78, 5) is 16.7. The van der Waals surface area contributed by atoms with Gasteiger partial charge in [-0.25, -0.2) is 9.37 Å². The maximum atomic E-state index is 14.6. The van der Waals surface area contributed by atoms with E-state index in [1.165, 1.54) is 6.07 Å². The molecule has 3 aromatic rings. The van der Waals surface area contributed by atoms with Crippen molar-refractivity contribution in [3.05, 3.63) is 56.0 Å². The number of aryl methyl sites for hydroxylation is 1. The highest BCUT2D eigenvalue weighted by Crippen LogP contribution is 2.42. The number of benzene rings is 1. The van der Waals surface area contributed by atoms with Crippen LogP contribution in [0.15, 0.2) is 27.4 Å². The lowest BCUT2D eigenvalue weighted by atomic mass is 10.2. The number of aromatic nitrogens is 2. The van der Waals surface area contributed by atoms with Gasteiger partial charge in [0, 0.05) is 12.0 Å². The molecule has 0 unspecified atom stereocenters. The first-order chi connectivity index (χ1) is 11.0. The van der Waals surface area contributed by atoms with Crippen molar-refractivity contribution in [3.8, 4) is 5.69 Å². The number of hydrogen-bond acceptors (Lipinski definition) is 3. The van der Waals surface area contributed by atoms with Crippen LogP contribution in [0.25, 0.3) is 16.8 Å². The van der Waals surface area contributed by atoms with E-state index in [0.29, 0.717) is 17.0 Å². The molecule has 23 heavy (non-hydrogen) atoms. The molecule has 0 aliphatic heterocycles. The molecule has 0 N–H and O–H groups in total. The zero-order valence-electron chi connectivity index (χ0n) is 12.1. The Morgan fingerprint density at radius 2 is 2.04 bits per heavy atom. The molecule has 1 aliphatic rings. The highest BCUT2D eigenvalue weighted by molar-refractivity contribution is 6.35. The molecule has 1 fully saturated rings. The van der Waals surface area contributed by atoms with Crippen LogP contribution in [0.1, 0.15) is 30.2 Å². The third kappa shape index (κ3) is 2.35. The van der Waals surface area contributed by atoms with Crippen LogP contribution in [0.3, 0.4) is 0 Å². The smallest absolute Gasteiger partial charge is 0.256 e. The second kappa shape index (κ2) is 5.08. The predicted octanol–water partition coefficient (Wildman–Crippen LogP) is 4.61. The molecule has 0 amide bonds. The summed E-state index contributed by atoms with van der Waals surface area (Å²) in [6, 6.07) is 4.09. The molecule has 0 radical (unpaired) electrons. The summed E-state index contributed by atoms with van der Waals surface area (Å²) in [5.74, 6) is 0.0680. The summed E-state index contributed by atoms with van der Waals surface area (Å²) in [6.07, 6.45) is 1.96. The molecule has 1 saturated carbocycles. The number of pyridine rings is 1. The quantitative estimate of drug-likeness (QED) is 0.632. The highest BCUT2D eigenvalue weighted by Gasteiger charge is 2.31. The Labute approximate surface area is 140 Å². The summed E-state index contributed by atoms with van der Waals surface area (Å²) in [5.41, 5.74) is 0.678. The molecule has 4 nitrogen and oxygen atoms in total. The van der Waals surface area contributed by atoms with Gasteiger partial charge in [0.25, 0.3) is 5.56 Å². The van der Waals surface area contributed by atoms with E-state index in [1.807, 2.05) is 0 Å². The fourth-order valence-corrected chi connectivity index (χ4v) is 3.17. The van der Waals surface area contributed by atoms with E-state index < -0.39 is 11.4 Å². The van der Waals surface area contributed by atoms with Gasteiger partial charge in [-0.15, -0.1) is 0 Å². The second-order valence-corrected chi connectivity index (χ2v) is 6.52. The SMILES string of the molecule is Cc1cc(Cl)n(-c2c(F)cc(Cl)c3nc(C4CC4)oc23)c(=O)c1. The minimum atomic E-state index is -0.686. The first-order valence-electron chi connectivity index (χ1n) is 7.13. The number of fused-ring (bicyclic) bond motifs is 1. The fourth-order valence-electron chi connectivity index (χ4n) is 2.60. The summed E-state index contributed by atoms with van der Waals surface area (Å²) < 4.78 is 21.4. The topological polar surface area (TPSA) is 48.0 Å². The molecule has 2 heterocycles. The van der Waals surface area contributed by atoms with E-state index in [-0.39, 0.29) is 27.4 Å². The number of halogens is 3. The van der Waals surface area contributed by atoms with Gasteiger partial charge >= 0.3 is 0 Å². The standard InChI is InChI=1S/C16H11Cl2FN2O2/c1-7-4-11(18)21(12(22)5-7)14-10(19)6-9(17)13-15(14)23-16(20-13)8-2-3-8/h4-6,8H,2-3H2,1H3. The predicted molar refractivity (Wildman–Crippen MR) is 86.3 cm³/mol. The molecular formula is C16H11Cl2FN2O2. The van der Waals surface area contributed by atoms with Crippen molar-refractivity contribution in [3.63, 3.8) is 0 Å². The number of hydrogen-bond donors (Lipinski definition) is 0. The molecule has 118 valence electrons. The Kier molecular flexibility index (Phi) is 3.25. The molecule has 0 saturated heterocycles. The lowest BCUT2D eigenvalue weighted by Crippen LogP contribution is -2.19. The van der Waals surface area contributed by atoms with Gasteiger partial charge in [-0.3, -0.25) is 9.36 Å². The van der Waals surface area contributed by atoms with E-state index in [4.69, 9.17) is 27.6 Å². The van der Waals surface area contributed by atoms with Crippen molar-refractivity contribution in [2.75, 3.05) is 0 Å². The Morgan fingerprint density at radius 3 is 2.70 bits per heavy atom. The van der Waals surface area contributed by atoms with Gasteiger partial charge in [0.15, 0.2) is 17.3 Å². The van der Waals surface area contributed by atoms with Crippen LogP contribution in [0.2, 0.25) is 10.2 Å². The number of nitrogens with zero attached hydrogens (tertiary/aromatic N) is 2. The van der Waals surface area contributed by atoms with Crippen LogP contribution < -0.4 is 5.56 Å². The normalized spacial score (nSPS) is 14.6. The van der Waals surface area contributed by atoms with Crippen molar-refractivity contribution in [1.29, 1.82) is 0 Å². The molecule has 0 spiro atoms. The zero-order valence-corrected chi connectivity index (χ0v) is 13.6. The fraction of sp³-hybridized carbons (Fsp3) is 0.250. The van der Waals surface area contributed by atoms with Gasteiger partial charge in [0.1, 0.15) is 16.4 Å². The number of oxazole rings is 1. The van der Waals surface area contributed by atoms with Crippen molar-refractivity contribution in [2.45, 2.75) is 25.7 Å². The largest absolute Gasteiger partial charge is 0.438 e. The van der Waals surface area contributed by atoms with Crippen molar-refractivity contribution in [2.24, 2.45) is 0 Å². The van der Waals surface area contributed by atoms with Gasteiger partial charge in [0.2, 0.25) is 0 Å². The van der Waals surface area contributed by atoms with Crippen molar-refractivity contribution < 1.29 is 8.81 Å². The summed E-state index contributed by atoms with van der Waals surface area (Å²) in [7, 11) is 0. The van der Waals surface area contributed by atoms with Gasteiger partial charge in [-0.05, 0) is 37.5 Å². The number of rotatable bonds is 2. The van der Waals surface area contributed by atoms with E-state index in [1.54, 1.807) is 13.0 Å². The second-order valence-electron chi connectivity index (χ2n) is 5.72. The first kappa shape index (κ1) is 14.7. The molecule has 1 aliphatic carbocycles. The van der Waals surface area contributed by atoms with E-state index >= 15 is 0 Å². The third-order valence-corrected chi connectivity index (χ3v) is 4.41. The van der Waals surface area contributed by atoms with Gasteiger partial charge in [0.05, 0.1) is 5.02 Å². The van der Waals surface area contributed by atoms with Gasteiger partial charge < -0.3 is 4.42 Å². The Hall–Kier alpha value is -1.85. The van der Waals surface area contributed by atoms with Crippen LogP contribution >= 0.6 is 23.2 Å². The monoisotopic (exact) mass is 352 g/mol. The first-order valence-corrected chi connectivity index (χ1v) is 7.89. The minimum Gasteiger partial charge on any atom is -0.438 e. The Bertz CT molecular complexity index is 1010. The maximum Gasteiger partial charge on any atom is 0.256 e. The Morgan fingerprint density at radius 1 is 1.30 bits per heavy atom. The maximum absolute atomic E-state index is 14.6. The highest BCUT2D eigenvalue weighted by atomic mass is 35.5. The molecule has 2 aromatic heterocycles. The third-order valence-electron chi connectivity index (χ3n) is 3.85. The zero-order chi connectivity index (χ0) is 16.3. The molecule has 0 bridgehead atoms. The summed E-state index contributed by atoms with van der Waals surface area (Å²) in [5, 5.41) is 0.245. The van der Waals surface area contributed by atoms with Crippen LogP contribution in [-0.2, 0) is 0 Å². The van der Waals surface area contributed by atoms with E-state index in [0.717, 1.165) is 23.5 Å². The Balaban J connectivity index is 2.09. The van der Waals surface area contributed by atoms with Crippen LogP contribution in [0, 0.1) is 12.7 Å². The lowest BCUT2D eigenvalue weighted by molar-refractivity contribution is 0.527. The van der Waals surface area contributed by atoms with Crippen molar-refractivity contribution in [1.82, 2.24) is 9.55 Å². The van der Waals surface area contributed by atoms with Crippen molar-refractivity contribution >= 4 is 34.3 Å². The minimum absolute atomic E-state index is 0.0567. The van der Waals surface area contributed by atoms with Crippen LogP contribution in [0.5, 0.6) is 0 Å². The van der Waals surface area contributed by atoms with E-state index in [2.05, 4.69) is 4.98 Å². The average Bonchev–Trinajstić information content (AvgIpc) is 3.20. The molecule has 0 atom stereocenters. The van der Waals surface area contributed by atoms with E-state index in [9.17, 15) is 9.18 Å². The molecule has 4 rings (SSSR count). The van der Waals surface area contributed by atoms with Gasteiger partial charge in [-0.2, -0.15) is 0 Å². The van der Waals surface area contributed by atoms with Crippen LogP contribution in [0.4, 0.5) is 4.39 Å².